The van der Waals surface area contributed by atoms with Crippen molar-refractivity contribution in [2.24, 2.45) is 5.92 Å². The van der Waals surface area contributed by atoms with Gasteiger partial charge in [-0.05, 0) is 25.0 Å². The van der Waals surface area contributed by atoms with Crippen LogP contribution in [-0.4, -0.2) is 29.5 Å². The number of hydrogen-bond donors (Lipinski definition) is 3. The van der Waals surface area contributed by atoms with Crippen LogP contribution in [0.2, 0.25) is 0 Å². The standard InChI is InChI=1S/C11H12N2O5S/c14-9(15)5-18-13-11(17)7-3-4-8(19-7)12-10(16)6-1-2-6/h3-4,6H,1-2,5H2,(H,12,16)(H,13,17)(H,14,15). The molecule has 1 saturated carbocycles. The summed E-state index contributed by atoms with van der Waals surface area (Å²) >= 11 is 1.10. The number of carbonyl (C=O) groups excluding carboxylic acids is 2. The molecule has 0 aromatic carbocycles. The second kappa shape index (κ2) is 5.81. The zero-order chi connectivity index (χ0) is 13.8. The van der Waals surface area contributed by atoms with E-state index in [0.717, 1.165) is 24.2 Å². The van der Waals surface area contributed by atoms with Gasteiger partial charge >= 0.3 is 5.97 Å². The lowest BCUT2D eigenvalue weighted by Crippen LogP contribution is -2.25. The number of aliphatic carboxylic acids is 1. The van der Waals surface area contributed by atoms with E-state index in [1.54, 1.807) is 6.07 Å². The molecule has 1 aromatic heterocycles. The fourth-order valence-corrected chi connectivity index (χ4v) is 2.10. The van der Waals surface area contributed by atoms with Crippen molar-refractivity contribution in [3.63, 3.8) is 0 Å². The van der Waals surface area contributed by atoms with Gasteiger partial charge in [-0.3, -0.25) is 14.4 Å². The SMILES string of the molecule is O=C(O)CONC(=O)c1ccc(NC(=O)C2CC2)s1. The molecule has 19 heavy (non-hydrogen) atoms. The molecule has 0 bridgehead atoms. The van der Waals surface area contributed by atoms with Gasteiger partial charge in [0.15, 0.2) is 6.61 Å². The van der Waals surface area contributed by atoms with Crippen LogP contribution in [0.3, 0.4) is 0 Å². The normalized spacial score (nSPS) is 13.9. The van der Waals surface area contributed by atoms with Gasteiger partial charge in [-0.1, -0.05) is 0 Å². The number of thiophene rings is 1. The summed E-state index contributed by atoms with van der Waals surface area (Å²) in [6, 6.07) is 3.16. The van der Waals surface area contributed by atoms with Gasteiger partial charge in [0.25, 0.3) is 5.91 Å². The highest BCUT2D eigenvalue weighted by atomic mass is 32.1. The summed E-state index contributed by atoms with van der Waals surface area (Å²) < 4.78 is 0. The van der Waals surface area contributed by atoms with Gasteiger partial charge in [0.05, 0.1) is 9.88 Å². The Hall–Kier alpha value is -1.93. The third kappa shape index (κ3) is 4.04. The lowest BCUT2D eigenvalue weighted by Gasteiger charge is -2.01. The van der Waals surface area contributed by atoms with Crippen molar-refractivity contribution in [2.75, 3.05) is 11.9 Å². The second-order valence-electron chi connectivity index (χ2n) is 4.04. The van der Waals surface area contributed by atoms with Crippen LogP contribution in [0.1, 0.15) is 22.5 Å². The zero-order valence-electron chi connectivity index (χ0n) is 9.84. The Balaban J connectivity index is 1.83. The number of hydroxylamine groups is 1. The molecule has 0 radical (unpaired) electrons. The number of hydrogen-bond acceptors (Lipinski definition) is 5. The number of carboxylic acids is 1. The quantitative estimate of drug-likeness (QED) is 0.671. The smallest absolute Gasteiger partial charge is 0.332 e. The van der Waals surface area contributed by atoms with Gasteiger partial charge in [0.1, 0.15) is 0 Å². The summed E-state index contributed by atoms with van der Waals surface area (Å²) in [6.45, 7) is -0.609. The molecule has 1 aliphatic carbocycles. The van der Waals surface area contributed by atoms with Gasteiger partial charge in [0.2, 0.25) is 5.91 Å². The molecule has 2 rings (SSSR count). The number of nitrogens with one attached hydrogen (secondary N) is 2. The molecule has 2 amide bonds. The number of amides is 2. The predicted octanol–water partition coefficient (Wildman–Crippen LogP) is 0.843. The minimum Gasteiger partial charge on any atom is -0.479 e. The molecule has 7 nitrogen and oxygen atoms in total. The first kappa shape index (κ1) is 13.5. The van der Waals surface area contributed by atoms with Gasteiger partial charge in [-0.25, -0.2) is 10.3 Å². The van der Waals surface area contributed by atoms with Crippen molar-refractivity contribution < 1.29 is 24.3 Å². The number of carbonyl (C=O) groups is 3. The molecule has 102 valence electrons. The molecule has 3 N–H and O–H groups in total. The Labute approximate surface area is 112 Å². The molecule has 1 heterocycles. The molecular weight excluding hydrogens is 272 g/mol. The van der Waals surface area contributed by atoms with Crippen LogP contribution in [0.4, 0.5) is 5.00 Å². The molecule has 0 spiro atoms. The average molecular weight is 284 g/mol. The van der Waals surface area contributed by atoms with Crippen molar-refractivity contribution >= 4 is 34.1 Å². The van der Waals surface area contributed by atoms with Crippen LogP contribution in [0.25, 0.3) is 0 Å². The highest BCUT2D eigenvalue weighted by Gasteiger charge is 2.29. The molecule has 1 aromatic rings. The van der Waals surface area contributed by atoms with E-state index < -0.39 is 18.5 Å². The van der Waals surface area contributed by atoms with Crippen LogP contribution in [0.15, 0.2) is 12.1 Å². The number of anilines is 1. The first-order valence-corrected chi connectivity index (χ1v) is 6.42. The van der Waals surface area contributed by atoms with E-state index in [4.69, 9.17) is 5.11 Å². The van der Waals surface area contributed by atoms with Crippen LogP contribution < -0.4 is 10.8 Å². The minimum absolute atomic E-state index is 0.0315. The molecular formula is C11H12N2O5S. The Morgan fingerprint density at radius 2 is 2.11 bits per heavy atom. The average Bonchev–Trinajstić information content (AvgIpc) is 3.10. The van der Waals surface area contributed by atoms with Gasteiger partial charge < -0.3 is 10.4 Å². The van der Waals surface area contributed by atoms with E-state index in [1.165, 1.54) is 6.07 Å². The van der Waals surface area contributed by atoms with E-state index in [9.17, 15) is 14.4 Å². The Kier molecular flexibility index (Phi) is 4.13. The predicted molar refractivity (Wildman–Crippen MR) is 66.7 cm³/mol. The fourth-order valence-electron chi connectivity index (χ4n) is 1.31. The Bertz CT molecular complexity index is 509. The summed E-state index contributed by atoms with van der Waals surface area (Å²) in [5.74, 6) is -1.66. The molecule has 0 aliphatic heterocycles. The van der Waals surface area contributed by atoms with E-state index in [1.807, 2.05) is 5.48 Å². The van der Waals surface area contributed by atoms with Gasteiger partial charge in [-0.2, -0.15) is 0 Å². The molecule has 1 aliphatic rings. The Morgan fingerprint density at radius 1 is 1.37 bits per heavy atom. The summed E-state index contributed by atoms with van der Waals surface area (Å²) in [4.78, 5) is 38.0. The van der Waals surface area contributed by atoms with Crippen molar-refractivity contribution in [3.8, 4) is 0 Å². The molecule has 0 saturated heterocycles. The highest BCUT2D eigenvalue weighted by molar-refractivity contribution is 7.18. The molecule has 0 unspecified atom stereocenters. The van der Waals surface area contributed by atoms with Crippen molar-refractivity contribution in [3.05, 3.63) is 17.0 Å². The first-order valence-electron chi connectivity index (χ1n) is 5.61. The maximum atomic E-state index is 11.5. The third-order valence-electron chi connectivity index (χ3n) is 2.38. The largest absolute Gasteiger partial charge is 0.479 e. The topological polar surface area (TPSA) is 105 Å². The number of carboxylic acid groups (broad SMARTS) is 1. The van der Waals surface area contributed by atoms with Gasteiger partial charge in [-0.15, -0.1) is 11.3 Å². The number of rotatable bonds is 6. The van der Waals surface area contributed by atoms with Crippen LogP contribution in [0.5, 0.6) is 0 Å². The second-order valence-corrected chi connectivity index (χ2v) is 5.12. The van der Waals surface area contributed by atoms with Crippen LogP contribution in [0, 0.1) is 5.92 Å². The highest BCUT2D eigenvalue weighted by Crippen LogP contribution is 2.31. The van der Waals surface area contributed by atoms with Crippen molar-refractivity contribution in [1.29, 1.82) is 0 Å². The van der Waals surface area contributed by atoms with Crippen molar-refractivity contribution in [1.82, 2.24) is 5.48 Å². The van der Waals surface area contributed by atoms with E-state index in [2.05, 4.69) is 10.2 Å². The lowest BCUT2D eigenvalue weighted by molar-refractivity contribution is -0.144. The van der Waals surface area contributed by atoms with E-state index >= 15 is 0 Å². The molecule has 8 heteroatoms. The lowest BCUT2D eigenvalue weighted by atomic mass is 10.4. The third-order valence-corrected chi connectivity index (χ3v) is 3.38. The first-order chi connectivity index (χ1) is 9.06. The minimum atomic E-state index is -1.18. The maximum absolute atomic E-state index is 11.5. The van der Waals surface area contributed by atoms with E-state index in [-0.39, 0.29) is 11.8 Å². The van der Waals surface area contributed by atoms with E-state index in [0.29, 0.717) is 9.88 Å². The van der Waals surface area contributed by atoms with Crippen LogP contribution in [-0.2, 0) is 14.4 Å². The van der Waals surface area contributed by atoms with Gasteiger partial charge in [0, 0.05) is 5.92 Å². The summed E-state index contributed by atoms with van der Waals surface area (Å²) in [7, 11) is 0. The monoisotopic (exact) mass is 284 g/mol. The summed E-state index contributed by atoms with van der Waals surface area (Å²) in [5.41, 5.74) is 2.01. The summed E-state index contributed by atoms with van der Waals surface area (Å²) in [6.07, 6.45) is 1.82. The molecule has 1 fully saturated rings. The Morgan fingerprint density at radius 3 is 2.74 bits per heavy atom. The van der Waals surface area contributed by atoms with Crippen LogP contribution >= 0.6 is 11.3 Å². The maximum Gasteiger partial charge on any atom is 0.332 e. The van der Waals surface area contributed by atoms with Crippen molar-refractivity contribution in [2.45, 2.75) is 12.8 Å². The fraction of sp³-hybridized carbons (Fsp3) is 0.364. The molecule has 0 atom stereocenters. The summed E-state index contributed by atoms with van der Waals surface area (Å²) in [5, 5.41) is 11.6. The zero-order valence-corrected chi connectivity index (χ0v) is 10.7.